The zero-order chi connectivity index (χ0) is 14.8. The molecular formula is C15H23NO3S. The zero-order valence-electron chi connectivity index (χ0n) is 12.2. The summed E-state index contributed by atoms with van der Waals surface area (Å²) in [5, 5.41) is 8.70. The van der Waals surface area contributed by atoms with Gasteiger partial charge < -0.3 is 14.7 Å². The molecule has 0 spiro atoms. The molecule has 0 saturated carbocycles. The third kappa shape index (κ3) is 6.30. The van der Waals surface area contributed by atoms with Crippen molar-refractivity contribution in [2.75, 3.05) is 33.1 Å². The Morgan fingerprint density at radius 2 is 1.95 bits per heavy atom. The first kappa shape index (κ1) is 16.9. The number of benzene rings is 1. The smallest absolute Gasteiger partial charge is 0.232 e. The van der Waals surface area contributed by atoms with Gasteiger partial charge in [-0.3, -0.25) is 4.79 Å². The number of nitrogens with zero attached hydrogens (tertiary/aromatic N) is 1. The van der Waals surface area contributed by atoms with Crippen LogP contribution in [0.2, 0.25) is 0 Å². The number of rotatable bonds is 9. The molecule has 1 N–H and O–H groups in total. The van der Waals surface area contributed by atoms with Gasteiger partial charge in [-0.05, 0) is 43.5 Å². The lowest BCUT2D eigenvalue weighted by atomic mass is 10.2. The van der Waals surface area contributed by atoms with Crippen molar-refractivity contribution in [1.82, 2.24) is 4.90 Å². The highest BCUT2D eigenvalue weighted by atomic mass is 32.2. The van der Waals surface area contributed by atoms with E-state index >= 15 is 0 Å². The Labute approximate surface area is 125 Å². The quantitative estimate of drug-likeness (QED) is 0.562. The van der Waals surface area contributed by atoms with Gasteiger partial charge in [0.05, 0.1) is 12.9 Å². The molecule has 0 fully saturated rings. The van der Waals surface area contributed by atoms with Crippen molar-refractivity contribution < 1.29 is 14.6 Å². The Kier molecular flexibility index (Phi) is 8.14. The van der Waals surface area contributed by atoms with Crippen LogP contribution in [0.5, 0.6) is 5.75 Å². The molecule has 5 heteroatoms. The normalized spacial score (nSPS) is 10.3. The Bertz CT molecular complexity index is 395. The van der Waals surface area contributed by atoms with Gasteiger partial charge >= 0.3 is 0 Å². The van der Waals surface area contributed by atoms with E-state index in [1.807, 2.05) is 31.3 Å². The lowest BCUT2D eigenvalue weighted by Gasteiger charge is -2.16. The van der Waals surface area contributed by atoms with Crippen molar-refractivity contribution in [1.29, 1.82) is 0 Å². The maximum atomic E-state index is 11.9. The first-order chi connectivity index (χ1) is 9.67. The molecule has 0 heterocycles. The summed E-state index contributed by atoms with van der Waals surface area (Å²) >= 11 is 1.53. The van der Waals surface area contributed by atoms with E-state index in [1.165, 1.54) is 11.8 Å². The molecule has 0 aliphatic heterocycles. The maximum Gasteiger partial charge on any atom is 0.232 e. The molecule has 0 radical (unpaired) electrons. The number of unbranched alkanes of at least 4 members (excludes halogenated alkanes) is 2. The summed E-state index contributed by atoms with van der Waals surface area (Å²) in [5.41, 5.74) is 0. The van der Waals surface area contributed by atoms with E-state index in [0.29, 0.717) is 5.75 Å². The lowest BCUT2D eigenvalue weighted by molar-refractivity contribution is -0.127. The molecule has 1 rings (SSSR count). The topological polar surface area (TPSA) is 49.8 Å². The highest BCUT2D eigenvalue weighted by molar-refractivity contribution is 8.00. The standard InChI is InChI=1S/C15H23NO3S/c1-16(10-4-3-5-11-17)15(18)12-20-14-8-6-13(19-2)7-9-14/h6-9,17H,3-5,10-12H2,1-2H3. The lowest BCUT2D eigenvalue weighted by Crippen LogP contribution is -2.29. The summed E-state index contributed by atoms with van der Waals surface area (Å²) in [4.78, 5) is 14.8. The molecule has 1 aromatic carbocycles. The summed E-state index contributed by atoms with van der Waals surface area (Å²) in [6.45, 7) is 0.979. The number of thioether (sulfide) groups is 1. The van der Waals surface area contributed by atoms with Gasteiger partial charge in [0.15, 0.2) is 0 Å². The molecule has 0 bridgehead atoms. The van der Waals surface area contributed by atoms with Crippen LogP contribution in [-0.4, -0.2) is 49.0 Å². The summed E-state index contributed by atoms with van der Waals surface area (Å²) < 4.78 is 5.09. The molecule has 0 unspecified atom stereocenters. The second-order valence-electron chi connectivity index (χ2n) is 4.56. The largest absolute Gasteiger partial charge is 0.497 e. The van der Waals surface area contributed by atoms with E-state index in [1.54, 1.807) is 12.0 Å². The fraction of sp³-hybridized carbons (Fsp3) is 0.533. The highest BCUT2D eigenvalue weighted by Gasteiger charge is 2.08. The molecule has 1 aromatic rings. The summed E-state index contributed by atoms with van der Waals surface area (Å²) in [5.74, 6) is 1.40. The van der Waals surface area contributed by atoms with Gasteiger partial charge in [0.1, 0.15) is 5.75 Å². The zero-order valence-corrected chi connectivity index (χ0v) is 13.0. The number of methoxy groups -OCH3 is 1. The summed E-state index contributed by atoms with van der Waals surface area (Å²) in [7, 11) is 3.47. The first-order valence-electron chi connectivity index (χ1n) is 6.79. The van der Waals surface area contributed by atoms with Gasteiger partial charge in [0.2, 0.25) is 5.91 Å². The number of carbonyl (C=O) groups is 1. The van der Waals surface area contributed by atoms with Crippen molar-refractivity contribution in [3.63, 3.8) is 0 Å². The molecule has 1 amide bonds. The molecule has 20 heavy (non-hydrogen) atoms. The van der Waals surface area contributed by atoms with Gasteiger partial charge in [-0.25, -0.2) is 0 Å². The third-order valence-electron chi connectivity index (χ3n) is 3.00. The number of amides is 1. The van der Waals surface area contributed by atoms with Gasteiger partial charge in [0, 0.05) is 25.1 Å². The SMILES string of the molecule is COc1ccc(SCC(=O)N(C)CCCCCO)cc1. The average molecular weight is 297 g/mol. The van der Waals surface area contributed by atoms with E-state index in [9.17, 15) is 4.79 Å². The van der Waals surface area contributed by atoms with Crippen LogP contribution in [0.15, 0.2) is 29.2 Å². The number of carbonyl (C=O) groups excluding carboxylic acids is 1. The van der Waals surface area contributed by atoms with Crippen LogP contribution in [0, 0.1) is 0 Å². The minimum absolute atomic E-state index is 0.134. The Morgan fingerprint density at radius 1 is 1.25 bits per heavy atom. The van der Waals surface area contributed by atoms with Crippen molar-refractivity contribution in [2.45, 2.75) is 24.2 Å². The van der Waals surface area contributed by atoms with Crippen LogP contribution in [0.1, 0.15) is 19.3 Å². The third-order valence-corrected chi connectivity index (χ3v) is 4.00. The van der Waals surface area contributed by atoms with E-state index < -0.39 is 0 Å². The van der Waals surface area contributed by atoms with E-state index in [2.05, 4.69) is 0 Å². The molecule has 0 saturated heterocycles. The van der Waals surface area contributed by atoms with Gasteiger partial charge in [-0.1, -0.05) is 0 Å². The summed E-state index contributed by atoms with van der Waals surface area (Å²) in [6, 6.07) is 7.70. The van der Waals surface area contributed by atoms with E-state index in [0.717, 1.165) is 36.5 Å². The van der Waals surface area contributed by atoms with Crippen molar-refractivity contribution in [3.05, 3.63) is 24.3 Å². The van der Waals surface area contributed by atoms with Crippen LogP contribution in [0.3, 0.4) is 0 Å². The number of hydrogen-bond donors (Lipinski definition) is 1. The predicted octanol–water partition coefficient (Wildman–Crippen LogP) is 2.41. The number of aliphatic hydroxyl groups is 1. The fourth-order valence-electron chi connectivity index (χ4n) is 1.69. The predicted molar refractivity (Wildman–Crippen MR) is 82.3 cm³/mol. The van der Waals surface area contributed by atoms with Crippen molar-refractivity contribution >= 4 is 17.7 Å². The van der Waals surface area contributed by atoms with Crippen LogP contribution in [0.4, 0.5) is 0 Å². The van der Waals surface area contributed by atoms with E-state index in [4.69, 9.17) is 9.84 Å². The molecule has 0 aliphatic rings. The molecule has 0 aromatic heterocycles. The monoisotopic (exact) mass is 297 g/mol. The molecule has 0 atom stereocenters. The second kappa shape index (κ2) is 9.66. The highest BCUT2D eigenvalue weighted by Crippen LogP contribution is 2.21. The number of ether oxygens (including phenoxy) is 1. The Balaban J connectivity index is 2.27. The minimum Gasteiger partial charge on any atom is -0.497 e. The Morgan fingerprint density at radius 3 is 2.55 bits per heavy atom. The second-order valence-corrected chi connectivity index (χ2v) is 5.61. The molecule has 112 valence electrons. The van der Waals surface area contributed by atoms with Crippen molar-refractivity contribution in [2.24, 2.45) is 0 Å². The fourth-order valence-corrected chi connectivity index (χ4v) is 2.53. The van der Waals surface area contributed by atoms with Gasteiger partial charge in [0.25, 0.3) is 0 Å². The molecular weight excluding hydrogens is 274 g/mol. The average Bonchev–Trinajstić information content (AvgIpc) is 2.49. The molecule has 4 nitrogen and oxygen atoms in total. The molecule has 0 aliphatic carbocycles. The van der Waals surface area contributed by atoms with Crippen LogP contribution in [-0.2, 0) is 4.79 Å². The maximum absolute atomic E-state index is 11.9. The van der Waals surface area contributed by atoms with Crippen molar-refractivity contribution in [3.8, 4) is 5.75 Å². The Hall–Kier alpha value is -1.20. The van der Waals surface area contributed by atoms with E-state index in [-0.39, 0.29) is 12.5 Å². The number of aliphatic hydroxyl groups excluding tert-OH is 1. The number of hydrogen-bond acceptors (Lipinski definition) is 4. The minimum atomic E-state index is 0.134. The summed E-state index contributed by atoms with van der Waals surface area (Å²) in [6.07, 6.45) is 2.71. The van der Waals surface area contributed by atoms with Crippen LogP contribution in [0.25, 0.3) is 0 Å². The van der Waals surface area contributed by atoms with Gasteiger partial charge in [-0.15, -0.1) is 11.8 Å². The van der Waals surface area contributed by atoms with Crippen LogP contribution >= 0.6 is 11.8 Å². The first-order valence-corrected chi connectivity index (χ1v) is 7.77. The van der Waals surface area contributed by atoms with Gasteiger partial charge in [-0.2, -0.15) is 0 Å². The van der Waals surface area contributed by atoms with Crippen LogP contribution < -0.4 is 4.74 Å².